The van der Waals surface area contributed by atoms with Gasteiger partial charge in [0, 0.05) is 18.4 Å². The van der Waals surface area contributed by atoms with E-state index in [1.54, 1.807) is 0 Å². The fourth-order valence-corrected chi connectivity index (χ4v) is 2.71. The van der Waals surface area contributed by atoms with Crippen LogP contribution in [0.3, 0.4) is 0 Å². The van der Waals surface area contributed by atoms with Crippen molar-refractivity contribution in [3.8, 4) is 0 Å². The highest BCUT2D eigenvalue weighted by atomic mass is 14.9. The summed E-state index contributed by atoms with van der Waals surface area (Å²) in [7, 11) is 0. The molecule has 3 rings (SSSR count). The largest absolute Gasteiger partial charge is 0.310 e. The van der Waals surface area contributed by atoms with Crippen molar-refractivity contribution < 1.29 is 0 Å². The average Bonchev–Trinajstić information content (AvgIpc) is 2.84. The Labute approximate surface area is 108 Å². The topological polar surface area (TPSA) is 24.9 Å². The van der Waals surface area contributed by atoms with Crippen LogP contribution in [0.4, 0.5) is 0 Å². The van der Waals surface area contributed by atoms with Crippen molar-refractivity contribution in [1.29, 1.82) is 0 Å². The van der Waals surface area contributed by atoms with E-state index in [-0.39, 0.29) is 0 Å². The number of rotatable bonds is 4. The fourth-order valence-electron chi connectivity index (χ4n) is 2.71. The maximum Gasteiger partial charge on any atom is 0.0326 e. The third-order valence-corrected chi connectivity index (χ3v) is 3.69. The molecule has 0 bridgehead atoms. The Kier molecular flexibility index (Phi) is 3.37. The van der Waals surface area contributed by atoms with E-state index < -0.39 is 0 Å². The first-order valence-corrected chi connectivity index (χ1v) is 6.63. The van der Waals surface area contributed by atoms with E-state index in [4.69, 9.17) is 0 Å². The Morgan fingerprint density at radius 3 is 2.83 bits per heavy atom. The molecule has 0 saturated heterocycles. The van der Waals surface area contributed by atoms with E-state index >= 15 is 0 Å². The first-order chi connectivity index (χ1) is 8.93. The zero-order valence-corrected chi connectivity index (χ0v) is 10.5. The molecule has 18 heavy (non-hydrogen) atoms. The van der Waals surface area contributed by atoms with Crippen LogP contribution >= 0.6 is 0 Å². The third-order valence-electron chi connectivity index (χ3n) is 3.69. The van der Waals surface area contributed by atoms with Crippen molar-refractivity contribution in [3.63, 3.8) is 0 Å². The highest BCUT2D eigenvalue weighted by Crippen LogP contribution is 2.30. The second-order valence-corrected chi connectivity index (χ2v) is 4.85. The number of fused-ring (bicyclic) bond motifs is 1. The van der Waals surface area contributed by atoms with Crippen molar-refractivity contribution >= 4 is 0 Å². The molecule has 1 aliphatic rings. The van der Waals surface area contributed by atoms with Gasteiger partial charge in [0.15, 0.2) is 0 Å². The predicted molar refractivity (Wildman–Crippen MR) is 73.4 cm³/mol. The molecular weight excluding hydrogens is 220 g/mol. The summed E-state index contributed by atoms with van der Waals surface area (Å²) in [4.78, 5) is 4.04. The lowest BCUT2D eigenvalue weighted by atomic mass is 10.1. The Morgan fingerprint density at radius 2 is 1.94 bits per heavy atom. The monoisotopic (exact) mass is 238 g/mol. The van der Waals surface area contributed by atoms with Gasteiger partial charge in [-0.1, -0.05) is 24.3 Å². The highest BCUT2D eigenvalue weighted by Gasteiger charge is 2.20. The second-order valence-electron chi connectivity index (χ2n) is 4.85. The van der Waals surface area contributed by atoms with E-state index in [9.17, 15) is 0 Å². The fraction of sp³-hybridized carbons (Fsp3) is 0.312. The number of aromatic nitrogens is 1. The summed E-state index contributed by atoms with van der Waals surface area (Å²) in [6.45, 7) is 1.03. The zero-order chi connectivity index (χ0) is 12.2. The summed E-state index contributed by atoms with van der Waals surface area (Å²) in [5, 5.41) is 3.67. The third kappa shape index (κ3) is 2.44. The molecule has 0 spiro atoms. The molecule has 0 aliphatic heterocycles. The number of nitrogens with zero attached hydrogens (tertiary/aromatic N) is 1. The van der Waals surface area contributed by atoms with Gasteiger partial charge in [-0.15, -0.1) is 0 Å². The van der Waals surface area contributed by atoms with E-state index in [1.807, 2.05) is 12.4 Å². The summed E-state index contributed by atoms with van der Waals surface area (Å²) in [5.41, 5.74) is 4.36. The van der Waals surface area contributed by atoms with Crippen LogP contribution < -0.4 is 5.32 Å². The van der Waals surface area contributed by atoms with E-state index in [0.717, 1.165) is 13.0 Å². The molecule has 1 atom stereocenters. The van der Waals surface area contributed by atoms with Gasteiger partial charge in [-0.05, 0) is 54.6 Å². The Bertz CT molecular complexity index is 508. The molecule has 0 radical (unpaired) electrons. The predicted octanol–water partition coefficient (Wildman–Crippen LogP) is 2.90. The molecule has 1 heterocycles. The van der Waals surface area contributed by atoms with Crippen molar-refractivity contribution in [3.05, 3.63) is 65.5 Å². The molecule has 1 aromatic heterocycles. The first-order valence-electron chi connectivity index (χ1n) is 6.63. The molecule has 1 N–H and O–H groups in total. The van der Waals surface area contributed by atoms with Gasteiger partial charge in [0.2, 0.25) is 0 Å². The van der Waals surface area contributed by atoms with Gasteiger partial charge in [-0.2, -0.15) is 0 Å². The van der Waals surface area contributed by atoms with Gasteiger partial charge < -0.3 is 5.32 Å². The summed E-state index contributed by atoms with van der Waals surface area (Å²) in [5.74, 6) is 0. The van der Waals surface area contributed by atoms with Crippen LogP contribution in [-0.2, 0) is 12.8 Å². The first kappa shape index (κ1) is 11.4. The number of hydrogen-bond acceptors (Lipinski definition) is 2. The summed E-state index contributed by atoms with van der Waals surface area (Å²) in [6, 6.07) is 13.5. The minimum atomic E-state index is 0.544. The molecule has 1 aliphatic carbocycles. The molecule has 1 unspecified atom stereocenters. The SMILES string of the molecule is c1ccc2c(c1)CCC2NCCc1ccncc1. The smallest absolute Gasteiger partial charge is 0.0326 e. The minimum absolute atomic E-state index is 0.544. The minimum Gasteiger partial charge on any atom is -0.310 e. The van der Waals surface area contributed by atoms with E-state index in [2.05, 4.69) is 46.7 Å². The number of hydrogen-bond donors (Lipinski definition) is 1. The molecular formula is C16H18N2. The Balaban J connectivity index is 1.56. The number of aryl methyl sites for hydroxylation is 1. The quantitative estimate of drug-likeness (QED) is 0.886. The average molecular weight is 238 g/mol. The molecule has 0 saturated carbocycles. The van der Waals surface area contributed by atoms with Gasteiger partial charge in [0.25, 0.3) is 0 Å². The van der Waals surface area contributed by atoms with E-state index in [0.29, 0.717) is 6.04 Å². The maximum atomic E-state index is 4.04. The Hall–Kier alpha value is -1.67. The summed E-state index contributed by atoms with van der Waals surface area (Å²) >= 11 is 0. The number of nitrogens with one attached hydrogen (secondary N) is 1. The van der Waals surface area contributed by atoms with Gasteiger partial charge in [-0.3, -0.25) is 4.98 Å². The van der Waals surface area contributed by atoms with E-state index in [1.165, 1.54) is 29.5 Å². The lowest BCUT2D eigenvalue weighted by Crippen LogP contribution is -2.21. The van der Waals surface area contributed by atoms with Crippen LogP contribution in [0.1, 0.15) is 29.2 Å². The molecule has 1 aromatic carbocycles. The Morgan fingerprint density at radius 1 is 1.11 bits per heavy atom. The molecule has 2 nitrogen and oxygen atoms in total. The van der Waals surface area contributed by atoms with Crippen molar-refractivity contribution in [2.45, 2.75) is 25.3 Å². The molecule has 2 heteroatoms. The molecule has 2 aromatic rings. The van der Waals surface area contributed by atoms with Gasteiger partial charge in [0.1, 0.15) is 0 Å². The highest BCUT2D eigenvalue weighted by molar-refractivity contribution is 5.34. The molecule has 0 amide bonds. The maximum absolute atomic E-state index is 4.04. The normalized spacial score (nSPS) is 17.7. The van der Waals surface area contributed by atoms with Crippen LogP contribution in [-0.4, -0.2) is 11.5 Å². The van der Waals surface area contributed by atoms with Gasteiger partial charge in [0.05, 0.1) is 0 Å². The summed E-state index contributed by atoms with van der Waals surface area (Å²) < 4.78 is 0. The van der Waals surface area contributed by atoms with Crippen LogP contribution in [0.2, 0.25) is 0 Å². The standard InChI is InChI=1S/C16H18N2/c1-2-4-15-14(3-1)5-6-16(15)18-12-9-13-7-10-17-11-8-13/h1-4,7-8,10-11,16,18H,5-6,9,12H2. The van der Waals surface area contributed by atoms with Crippen molar-refractivity contribution in [2.24, 2.45) is 0 Å². The zero-order valence-electron chi connectivity index (χ0n) is 10.5. The van der Waals surface area contributed by atoms with Crippen LogP contribution in [0, 0.1) is 0 Å². The van der Waals surface area contributed by atoms with Gasteiger partial charge >= 0.3 is 0 Å². The molecule has 0 fully saturated rings. The number of benzene rings is 1. The van der Waals surface area contributed by atoms with Crippen LogP contribution in [0.15, 0.2) is 48.8 Å². The molecule has 92 valence electrons. The van der Waals surface area contributed by atoms with Crippen LogP contribution in [0.5, 0.6) is 0 Å². The summed E-state index contributed by atoms with van der Waals surface area (Å²) in [6.07, 6.45) is 7.24. The van der Waals surface area contributed by atoms with Gasteiger partial charge in [-0.25, -0.2) is 0 Å². The second kappa shape index (κ2) is 5.32. The lowest BCUT2D eigenvalue weighted by Gasteiger charge is -2.13. The lowest BCUT2D eigenvalue weighted by molar-refractivity contribution is 0.533. The van der Waals surface area contributed by atoms with Crippen molar-refractivity contribution in [2.75, 3.05) is 6.54 Å². The number of pyridine rings is 1. The van der Waals surface area contributed by atoms with Crippen LogP contribution in [0.25, 0.3) is 0 Å². The van der Waals surface area contributed by atoms with Crippen molar-refractivity contribution in [1.82, 2.24) is 10.3 Å².